The molecule has 2 aromatic rings. The lowest BCUT2D eigenvalue weighted by Crippen LogP contribution is -2.12. The summed E-state index contributed by atoms with van der Waals surface area (Å²) < 4.78 is 26.6. The molecule has 33 heavy (non-hydrogen) atoms. The maximum absolute atomic E-state index is 12.6. The molecule has 0 bridgehead atoms. The minimum absolute atomic E-state index is 0.00311. The van der Waals surface area contributed by atoms with Crippen molar-refractivity contribution >= 4 is 34.5 Å². The van der Waals surface area contributed by atoms with Crippen molar-refractivity contribution in [2.45, 2.75) is 6.92 Å². The van der Waals surface area contributed by atoms with Gasteiger partial charge in [-0.05, 0) is 49.4 Å². The summed E-state index contributed by atoms with van der Waals surface area (Å²) in [6.45, 7) is 1.86. The minimum atomic E-state index is -0.655. The average Bonchev–Trinajstić information content (AvgIpc) is 3.13. The van der Waals surface area contributed by atoms with Crippen molar-refractivity contribution in [3.8, 4) is 23.0 Å². The van der Waals surface area contributed by atoms with Gasteiger partial charge in [0.05, 0.1) is 45.6 Å². The van der Waals surface area contributed by atoms with Gasteiger partial charge in [0.25, 0.3) is 0 Å². The highest BCUT2D eigenvalue weighted by Crippen LogP contribution is 2.44. The first-order valence-corrected chi connectivity index (χ1v) is 10.8. The fourth-order valence-electron chi connectivity index (χ4n) is 3.15. The first-order valence-electron chi connectivity index (χ1n) is 9.99. The number of carbonyl (C=O) groups is 1. The van der Waals surface area contributed by atoms with Gasteiger partial charge in [0.2, 0.25) is 5.75 Å². The summed E-state index contributed by atoms with van der Waals surface area (Å²) >= 11 is 1.15. The molecule has 0 aliphatic carbocycles. The average molecular weight is 472 g/mol. The number of aliphatic imine (C=N–C) groups is 1. The molecule has 0 saturated heterocycles. The number of ether oxygens (including phenoxy) is 5. The fourth-order valence-corrected chi connectivity index (χ4v) is 4.17. The summed E-state index contributed by atoms with van der Waals surface area (Å²) in [5.41, 5.74) is 1.22. The van der Waals surface area contributed by atoms with Crippen LogP contribution in [0.4, 0.5) is 5.69 Å². The van der Waals surface area contributed by atoms with Crippen LogP contribution in [0.1, 0.15) is 12.5 Å². The van der Waals surface area contributed by atoms with E-state index >= 15 is 0 Å². The number of hydrogen-bond acceptors (Lipinski definition) is 9. The number of methoxy groups -OCH3 is 4. The number of aliphatic hydroxyl groups excluding tert-OH is 1. The van der Waals surface area contributed by atoms with E-state index in [-0.39, 0.29) is 17.9 Å². The molecule has 8 nitrogen and oxygen atoms in total. The topological polar surface area (TPSA) is 95.8 Å². The Hall–Kier alpha value is -3.59. The highest BCUT2D eigenvalue weighted by molar-refractivity contribution is 8.18. The molecule has 0 aromatic heterocycles. The number of aliphatic hydroxyl groups is 1. The molecule has 9 heteroatoms. The van der Waals surface area contributed by atoms with Crippen molar-refractivity contribution in [1.29, 1.82) is 0 Å². The molecular formula is C24H25NO7S. The Morgan fingerprint density at radius 1 is 0.970 bits per heavy atom. The van der Waals surface area contributed by atoms with Crippen LogP contribution >= 0.6 is 11.8 Å². The van der Waals surface area contributed by atoms with Crippen molar-refractivity contribution in [2.75, 3.05) is 35.0 Å². The molecule has 0 atom stereocenters. The molecule has 174 valence electrons. The van der Waals surface area contributed by atoms with E-state index in [1.165, 1.54) is 21.3 Å². The van der Waals surface area contributed by atoms with Crippen LogP contribution < -0.4 is 18.9 Å². The SMILES string of the molecule is CCOC(=O)C1=C(O)C(=Cc2ccc(OC)c(OC)c2OC)SC1=Nc1ccc(OC)cc1. The molecule has 1 heterocycles. The Kier molecular flexibility index (Phi) is 7.89. The molecule has 0 fully saturated rings. The third kappa shape index (κ3) is 5.09. The molecule has 3 rings (SSSR count). The van der Waals surface area contributed by atoms with E-state index in [1.807, 2.05) is 0 Å². The van der Waals surface area contributed by atoms with E-state index in [2.05, 4.69) is 4.99 Å². The van der Waals surface area contributed by atoms with E-state index in [1.54, 1.807) is 56.5 Å². The smallest absolute Gasteiger partial charge is 0.344 e. The van der Waals surface area contributed by atoms with Crippen molar-refractivity contribution < 1.29 is 33.6 Å². The molecule has 0 amide bonds. The van der Waals surface area contributed by atoms with Crippen LogP contribution in [0.15, 0.2) is 57.6 Å². The number of benzene rings is 2. The van der Waals surface area contributed by atoms with E-state index in [9.17, 15) is 9.90 Å². The molecule has 0 saturated carbocycles. The summed E-state index contributed by atoms with van der Waals surface area (Å²) in [5.74, 6) is 1.15. The highest BCUT2D eigenvalue weighted by Gasteiger charge is 2.33. The lowest BCUT2D eigenvalue weighted by molar-refractivity contribution is -0.138. The molecule has 2 aromatic carbocycles. The van der Waals surface area contributed by atoms with Gasteiger partial charge < -0.3 is 28.8 Å². The van der Waals surface area contributed by atoms with E-state index in [4.69, 9.17) is 23.7 Å². The number of carbonyl (C=O) groups excluding carboxylic acids is 1. The van der Waals surface area contributed by atoms with Gasteiger partial charge >= 0.3 is 5.97 Å². The molecule has 1 N–H and O–H groups in total. The minimum Gasteiger partial charge on any atom is -0.506 e. The van der Waals surface area contributed by atoms with Crippen LogP contribution in [0.2, 0.25) is 0 Å². The molecule has 0 unspecified atom stereocenters. The summed E-state index contributed by atoms with van der Waals surface area (Å²) in [6.07, 6.45) is 1.69. The second-order valence-electron chi connectivity index (χ2n) is 6.59. The monoisotopic (exact) mass is 471 g/mol. The Bertz CT molecular complexity index is 1120. The van der Waals surface area contributed by atoms with Gasteiger partial charge in [0.1, 0.15) is 22.1 Å². The Balaban J connectivity index is 2.09. The predicted octanol–water partition coefficient (Wildman–Crippen LogP) is 4.91. The second kappa shape index (κ2) is 10.8. The molecular weight excluding hydrogens is 446 g/mol. The summed E-state index contributed by atoms with van der Waals surface area (Å²) in [5, 5.41) is 11.2. The first kappa shape index (κ1) is 24.1. The maximum atomic E-state index is 12.6. The van der Waals surface area contributed by atoms with Gasteiger partial charge in [-0.1, -0.05) is 11.8 Å². The number of nitrogens with zero attached hydrogens (tertiary/aromatic N) is 1. The molecule has 1 aliphatic rings. The van der Waals surface area contributed by atoms with E-state index in [0.29, 0.717) is 44.2 Å². The van der Waals surface area contributed by atoms with Crippen LogP contribution in [-0.4, -0.2) is 51.2 Å². The van der Waals surface area contributed by atoms with Crippen LogP contribution in [0, 0.1) is 0 Å². The van der Waals surface area contributed by atoms with Gasteiger partial charge in [0, 0.05) is 5.56 Å². The number of hydrogen-bond donors (Lipinski definition) is 1. The molecule has 0 spiro atoms. The third-order valence-electron chi connectivity index (χ3n) is 4.69. The van der Waals surface area contributed by atoms with Crippen molar-refractivity contribution in [3.63, 3.8) is 0 Å². The van der Waals surface area contributed by atoms with Gasteiger partial charge in [-0.15, -0.1) is 0 Å². The first-order chi connectivity index (χ1) is 16.0. The lowest BCUT2D eigenvalue weighted by Gasteiger charge is -2.14. The Morgan fingerprint density at radius 2 is 1.67 bits per heavy atom. The zero-order valence-electron chi connectivity index (χ0n) is 19.0. The largest absolute Gasteiger partial charge is 0.506 e. The number of esters is 1. The zero-order valence-corrected chi connectivity index (χ0v) is 19.8. The quantitative estimate of drug-likeness (QED) is 0.543. The molecule has 1 aliphatic heterocycles. The highest BCUT2D eigenvalue weighted by atomic mass is 32.2. The Labute approximate surface area is 196 Å². The van der Waals surface area contributed by atoms with Gasteiger partial charge in [0.15, 0.2) is 11.5 Å². The summed E-state index contributed by atoms with van der Waals surface area (Å²) in [6, 6.07) is 10.5. The summed E-state index contributed by atoms with van der Waals surface area (Å²) in [7, 11) is 6.13. The van der Waals surface area contributed by atoms with Crippen LogP contribution in [0.5, 0.6) is 23.0 Å². The zero-order chi connectivity index (χ0) is 24.0. The summed E-state index contributed by atoms with van der Waals surface area (Å²) in [4.78, 5) is 17.6. The molecule has 0 radical (unpaired) electrons. The van der Waals surface area contributed by atoms with E-state index in [0.717, 1.165) is 11.8 Å². The third-order valence-corrected chi connectivity index (χ3v) is 5.71. The standard InChI is InChI=1S/C24H25NO7S/c1-6-32-24(27)19-20(26)18(33-23(19)25-15-8-10-16(28-2)11-9-15)13-14-7-12-17(29-3)22(31-5)21(14)30-4/h7-13,26H,6H2,1-5H3. The van der Waals surface area contributed by atoms with Gasteiger partial charge in [-0.25, -0.2) is 9.79 Å². The van der Waals surface area contributed by atoms with Crippen LogP contribution in [0.25, 0.3) is 6.08 Å². The Morgan fingerprint density at radius 3 is 2.24 bits per heavy atom. The predicted molar refractivity (Wildman–Crippen MR) is 128 cm³/mol. The van der Waals surface area contributed by atoms with Crippen LogP contribution in [0.3, 0.4) is 0 Å². The van der Waals surface area contributed by atoms with E-state index < -0.39 is 5.97 Å². The van der Waals surface area contributed by atoms with Gasteiger partial charge in [-0.3, -0.25) is 0 Å². The fraction of sp³-hybridized carbons (Fsp3) is 0.250. The normalized spacial score (nSPS) is 15.7. The lowest BCUT2D eigenvalue weighted by atomic mass is 10.1. The van der Waals surface area contributed by atoms with Crippen molar-refractivity contribution in [3.05, 3.63) is 58.2 Å². The van der Waals surface area contributed by atoms with Gasteiger partial charge in [-0.2, -0.15) is 0 Å². The second-order valence-corrected chi connectivity index (χ2v) is 7.62. The number of thioether (sulfide) groups is 1. The van der Waals surface area contributed by atoms with Crippen molar-refractivity contribution in [1.82, 2.24) is 0 Å². The van der Waals surface area contributed by atoms with Crippen molar-refractivity contribution in [2.24, 2.45) is 4.99 Å². The number of rotatable bonds is 8. The van der Waals surface area contributed by atoms with Crippen LogP contribution in [-0.2, 0) is 9.53 Å². The maximum Gasteiger partial charge on any atom is 0.344 e.